The number of nitrogens with one attached hydrogen (secondary N) is 1. The Bertz CT molecular complexity index is 821. The van der Waals surface area contributed by atoms with E-state index in [9.17, 15) is 0 Å². The van der Waals surface area contributed by atoms with Crippen LogP contribution in [0, 0.1) is 6.92 Å². The zero-order valence-electron chi connectivity index (χ0n) is 13.4. The van der Waals surface area contributed by atoms with Crippen molar-refractivity contribution >= 4 is 28.7 Å². The van der Waals surface area contributed by atoms with Crippen LogP contribution in [-0.2, 0) is 0 Å². The number of pyridine rings is 1. The Balaban J connectivity index is 1.62. The maximum Gasteiger partial charge on any atom is 0.0654 e. The van der Waals surface area contributed by atoms with E-state index in [1.165, 1.54) is 29.4 Å². The molecule has 0 radical (unpaired) electrons. The van der Waals surface area contributed by atoms with Gasteiger partial charge in [0.25, 0.3) is 0 Å². The molecule has 0 unspecified atom stereocenters. The molecule has 3 heteroatoms. The number of benzene rings is 1. The molecule has 2 aromatic heterocycles. The van der Waals surface area contributed by atoms with Gasteiger partial charge in [-0.05, 0) is 61.6 Å². The number of H-pyrrole nitrogens is 1. The number of nitrogens with zero attached hydrogens (tertiary/aromatic N) is 2. The van der Waals surface area contributed by atoms with Crippen molar-refractivity contribution in [3.05, 3.63) is 59.5 Å². The van der Waals surface area contributed by atoms with E-state index in [2.05, 4.69) is 76.4 Å². The number of aromatic amines is 1. The summed E-state index contributed by atoms with van der Waals surface area (Å²) in [7, 11) is 0. The molecule has 0 saturated carbocycles. The lowest BCUT2D eigenvalue weighted by Crippen LogP contribution is -2.17. The van der Waals surface area contributed by atoms with Crippen molar-refractivity contribution in [2.75, 3.05) is 18.0 Å². The summed E-state index contributed by atoms with van der Waals surface area (Å²) in [4.78, 5) is 10.5. The monoisotopic (exact) mass is 303 g/mol. The van der Waals surface area contributed by atoms with E-state index < -0.39 is 0 Å². The second-order valence-corrected chi connectivity index (χ2v) is 6.23. The highest BCUT2D eigenvalue weighted by atomic mass is 15.1. The number of aromatic nitrogens is 2. The van der Waals surface area contributed by atoms with Gasteiger partial charge in [0, 0.05) is 35.7 Å². The van der Waals surface area contributed by atoms with Gasteiger partial charge in [-0.15, -0.1) is 0 Å². The van der Waals surface area contributed by atoms with Gasteiger partial charge in [0.05, 0.1) is 5.69 Å². The summed E-state index contributed by atoms with van der Waals surface area (Å²) in [6.45, 7) is 4.39. The molecule has 1 aliphatic heterocycles. The molecule has 1 aliphatic rings. The molecule has 1 N–H and O–H groups in total. The van der Waals surface area contributed by atoms with E-state index in [1.54, 1.807) is 0 Å². The third kappa shape index (κ3) is 3.00. The van der Waals surface area contributed by atoms with Crippen LogP contribution in [0.1, 0.15) is 29.9 Å². The molecule has 1 aromatic carbocycles. The smallest absolute Gasteiger partial charge is 0.0654 e. The lowest BCUT2D eigenvalue weighted by Gasteiger charge is -2.18. The number of para-hydroxylation sites is 1. The Labute approximate surface area is 136 Å². The van der Waals surface area contributed by atoms with Crippen molar-refractivity contribution in [3.8, 4) is 0 Å². The number of aryl methyl sites for hydroxylation is 1. The summed E-state index contributed by atoms with van der Waals surface area (Å²) < 4.78 is 0. The highest BCUT2D eigenvalue weighted by molar-refractivity contribution is 5.84. The first kappa shape index (κ1) is 14.1. The molecule has 0 amide bonds. The number of rotatable bonds is 3. The zero-order chi connectivity index (χ0) is 15.6. The second-order valence-electron chi connectivity index (χ2n) is 6.23. The summed E-state index contributed by atoms with van der Waals surface area (Å²) >= 11 is 0. The fourth-order valence-corrected chi connectivity index (χ4v) is 3.28. The van der Waals surface area contributed by atoms with Gasteiger partial charge in [-0.2, -0.15) is 0 Å². The first-order chi connectivity index (χ1) is 11.3. The molecule has 0 aliphatic carbocycles. The normalized spacial score (nSPS) is 15.1. The van der Waals surface area contributed by atoms with Crippen molar-refractivity contribution in [3.63, 3.8) is 0 Å². The number of hydrogen-bond acceptors (Lipinski definition) is 2. The van der Waals surface area contributed by atoms with E-state index >= 15 is 0 Å². The largest absolute Gasteiger partial charge is 0.371 e. The fourth-order valence-electron chi connectivity index (χ4n) is 3.28. The summed E-state index contributed by atoms with van der Waals surface area (Å²) in [6.07, 6.45) is 6.79. The first-order valence-electron chi connectivity index (χ1n) is 8.27. The van der Waals surface area contributed by atoms with E-state index in [0.717, 1.165) is 30.2 Å². The molecule has 23 heavy (non-hydrogen) atoms. The van der Waals surface area contributed by atoms with E-state index in [4.69, 9.17) is 0 Å². The highest BCUT2D eigenvalue weighted by Gasteiger charge is 2.13. The van der Waals surface area contributed by atoms with Crippen LogP contribution in [0.2, 0.25) is 0 Å². The molecule has 3 aromatic rings. The standard InChI is InChI=1S/C20H21N3/c1-15-12-19(23-10-4-5-11-23)14-18(21-15)9-8-17-13-16-6-2-3-7-20(16)22-17/h2-3,6-9,12-14,22H,4-5,10-11H2,1H3/b9-8+. The molecule has 0 bridgehead atoms. The molecular formula is C20H21N3. The van der Waals surface area contributed by atoms with Crippen LogP contribution in [0.4, 0.5) is 5.69 Å². The minimum absolute atomic E-state index is 1.02. The molecule has 3 nitrogen and oxygen atoms in total. The average molecular weight is 303 g/mol. The lowest BCUT2D eigenvalue weighted by atomic mass is 10.2. The molecule has 4 rings (SSSR count). The van der Waals surface area contributed by atoms with Crippen molar-refractivity contribution in [1.82, 2.24) is 9.97 Å². The van der Waals surface area contributed by atoms with E-state index in [1.807, 2.05) is 0 Å². The van der Waals surface area contributed by atoms with E-state index in [-0.39, 0.29) is 0 Å². The van der Waals surface area contributed by atoms with Crippen LogP contribution < -0.4 is 4.90 Å². The number of hydrogen-bond donors (Lipinski definition) is 1. The fraction of sp³-hybridized carbons (Fsp3) is 0.250. The summed E-state index contributed by atoms with van der Waals surface area (Å²) in [6, 6.07) is 14.9. The maximum absolute atomic E-state index is 4.65. The van der Waals surface area contributed by atoms with Crippen molar-refractivity contribution in [1.29, 1.82) is 0 Å². The summed E-state index contributed by atoms with van der Waals surface area (Å²) in [5, 5.41) is 1.24. The van der Waals surface area contributed by atoms with Gasteiger partial charge in [0.1, 0.15) is 0 Å². The average Bonchev–Trinajstić information content (AvgIpc) is 3.21. The Morgan fingerprint density at radius 2 is 1.87 bits per heavy atom. The van der Waals surface area contributed by atoms with Gasteiger partial charge in [-0.1, -0.05) is 18.2 Å². The van der Waals surface area contributed by atoms with Crippen LogP contribution in [0.15, 0.2) is 42.5 Å². The minimum atomic E-state index is 1.02. The first-order valence-corrected chi connectivity index (χ1v) is 8.27. The minimum Gasteiger partial charge on any atom is -0.371 e. The van der Waals surface area contributed by atoms with Crippen LogP contribution in [0.3, 0.4) is 0 Å². The quantitative estimate of drug-likeness (QED) is 0.764. The Morgan fingerprint density at radius 3 is 2.70 bits per heavy atom. The Morgan fingerprint density at radius 1 is 1.04 bits per heavy atom. The second kappa shape index (κ2) is 5.92. The molecule has 116 valence electrons. The predicted molar refractivity (Wildman–Crippen MR) is 97.6 cm³/mol. The van der Waals surface area contributed by atoms with Crippen molar-refractivity contribution in [2.24, 2.45) is 0 Å². The molecule has 1 fully saturated rings. The van der Waals surface area contributed by atoms with Gasteiger partial charge in [-0.3, -0.25) is 4.98 Å². The van der Waals surface area contributed by atoms with Crippen LogP contribution in [0.5, 0.6) is 0 Å². The molecule has 0 atom stereocenters. The van der Waals surface area contributed by atoms with Gasteiger partial charge in [0.15, 0.2) is 0 Å². The predicted octanol–water partition coefficient (Wildman–Crippen LogP) is 4.64. The van der Waals surface area contributed by atoms with Crippen LogP contribution in [0.25, 0.3) is 23.1 Å². The van der Waals surface area contributed by atoms with E-state index in [0.29, 0.717) is 0 Å². The topological polar surface area (TPSA) is 31.9 Å². The molecule has 0 spiro atoms. The van der Waals surface area contributed by atoms with Crippen LogP contribution in [-0.4, -0.2) is 23.1 Å². The summed E-state index contributed by atoms with van der Waals surface area (Å²) in [5.74, 6) is 0. The Hall–Kier alpha value is -2.55. The van der Waals surface area contributed by atoms with Crippen molar-refractivity contribution in [2.45, 2.75) is 19.8 Å². The molecule has 1 saturated heterocycles. The zero-order valence-corrected chi connectivity index (χ0v) is 13.4. The van der Waals surface area contributed by atoms with Crippen LogP contribution >= 0.6 is 0 Å². The number of fused-ring (bicyclic) bond motifs is 1. The molecular weight excluding hydrogens is 282 g/mol. The third-order valence-electron chi connectivity index (χ3n) is 4.41. The third-order valence-corrected chi connectivity index (χ3v) is 4.41. The molecule has 3 heterocycles. The van der Waals surface area contributed by atoms with Gasteiger partial charge < -0.3 is 9.88 Å². The maximum atomic E-state index is 4.65. The highest BCUT2D eigenvalue weighted by Crippen LogP contribution is 2.23. The lowest BCUT2D eigenvalue weighted by molar-refractivity contribution is 0.949. The summed E-state index contributed by atoms with van der Waals surface area (Å²) in [5.41, 5.74) is 5.67. The van der Waals surface area contributed by atoms with Gasteiger partial charge in [-0.25, -0.2) is 0 Å². The SMILES string of the molecule is Cc1cc(N2CCCC2)cc(/C=C/c2cc3ccccc3[nH]2)n1. The number of anilines is 1. The van der Waals surface area contributed by atoms with Gasteiger partial charge in [0.2, 0.25) is 0 Å². The Kier molecular flexibility index (Phi) is 3.62. The van der Waals surface area contributed by atoms with Gasteiger partial charge >= 0.3 is 0 Å². The van der Waals surface area contributed by atoms with Crippen molar-refractivity contribution < 1.29 is 0 Å².